The Labute approximate surface area is 166 Å². The molecule has 2 aromatic carbocycles. The number of hydrogen-bond donors (Lipinski definition) is 1. The SMILES string of the molecule is CCOc1ccc(CCN=C2NS(=O)(=O)C(c3ccc(OC)cc3)=C2C)cc1. The topological polar surface area (TPSA) is 77.0 Å². The van der Waals surface area contributed by atoms with Gasteiger partial charge in [-0.1, -0.05) is 12.1 Å². The number of rotatable bonds is 7. The lowest BCUT2D eigenvalue weighted by atomic mass is 10.1. The Morgan fingerprint density at radius 1 is 1.00 bits per heavy atom. The molecule has 0 saturated carbocycles. The molecule has 7 heteroatoms. The average Bonchev–Trinajstić information content (AvgIpc) is 2.92. The van der Waals surface area contributed by atoms with Crippen molar-refractivity contribution in [1.82, 2.24) is 4.72 Å². The van der Waals surface area contributed by atoms with Crippen molar-refractivity contribution in [3.8, 4) is 11.5 Å². The van der Waals surface area contributed by atoms with Gasteiger partial charge in [0.05, 0.1) is 13.7 Å². The van der Waals surface area contributed by atoms with Crippen LogP contribution in [0, 0.1) is 0 Å². The number of benzene rings is 2. The van der Waals surface area contributed by atoms with Crippen LogP contribution in [0.3, 0.4) is 0 Å². The van der Waals surface area contributed by atoms with Gasteiger partial charge in [-0.2, -0.15) is 0 Å². The molecule has 0 amide bonds. The molecule has 0 saturated heterocycles. The van der Waals surface area contributed by atoms with E-state index in [0.717, 1.165) is 11.3 Å². The molecule has 0 radical (unpaired) electrons. The van der Waals surface area contributed by atoms with Gasteiger partial charge in [-0.3, -0.25) is 9.71 Å². The molecule has 2 aromatic rings. The third-order valence-electron chi connectivity index (χ3n) is 4.45. The zero-order valence-corrected chi connectivity index (χ0v) is 17.0. The fourth-order valence-corrected chi connectivity index (χ4v) is 4.57. The first-order valence-electron chi connectivity index (χ1n) is 9.09. The van der Waals surface area contributed by atoms with Crippen LogP contribution in [-0.4, -0.2) is 34.5 Å². The van der Waals surface area contributed by atoms with Crippen LogP contribution < -0.4 is 14.2 Å². The van der Waals surface area contributed by atoms with Gasteiger partial charge in [-0.15, -0.1) is 0 Å². The van der Waals surface area contributed by atoms with Gasteiger partial charge in [0.15, 0.2) is 0 Å². The first kappa shape index (κ1) is 19.9. The summed E-state index contributed by atoms with van der Waals surface area (Å²) in [4.78, 5) is 4.74. The Balaban J connectivity index is 1.75. The quantitative estimate of drug-likeness (QED) is 0.773. The van der Waals surface area contributed by atoms with E-state index < -0.39 is 10.0 Å². The molecular formula is C21H24N2O4S. The number of hydrogen-bond acceptors (Lipinski definition) is 5. The van der Waals surface area contributed by atoms with Crippen molar-refractivity contribution in [2.24, 2.45) is 4.99 Å². The van der Waals surface area contributed by atoms with Crippen LogP contribution in [0.2, 0.25) is 0 Å². The zero-order chi connectivity index (χ0) is 20.1. The molecular weight excluding hydrogens is 376 g/mol. The molecule has 0 aromatic heterocycles. The standard InChI is InChI=1S/C21H24N2O4S/c1-4-27-19-9-5-16(6-10-19)13-14-22-21-15(2)20(28(24,25)23-21)17-7-11-18(26-3)12-8-17/h5-12H,4,13-14H2,1-3H3,(H,22,23). The molecule has 28 heavy (non-hydrogen) atoms. The van der Waals surface area contributed by atoms with E-state index in [0.29, 0.717) is 42.3 Å². The van der Waals surface area contributed by atoms with Crippen molar-refractivity contribution >= 4 is 20.8 Å². The Kier molecular flexibility index (Phi) is 6.04. The molecule has 0 aliphatic carbocycles. The summed E-state index contributed by atoms with van der Waals surface area (Å²) >= 11 is 0. The van der Waals surface area contributed by atoms with Crippen molar-refractivity contribution in [3.05, 3.63) is 65.2 Å². The molecule has 1 aliphatic rings. The summed E-state index contributed by atoms with van der Waals surface area (Å²) in [6, 6.07) is 14.8. The van der Waals surface area contributed by atoms with E-state index in [4.69, 9.17) is 9.47 Å². The zero-order valence-electron chi connectivity index (χ0n) is 16.2. The van der Waals surface area contributed by atoms with E-state index in [9.17, 15) is 8.42 Å². The highest BCUT2D eigenvalue weighted by Gasteiger charge is 2.32. The fourth-order valence-electron chi connectivity index (χ4n) is 3.04. The molecule has 1 heterocycles. The van der Waals surface area contributed by atoms with Gasteiger partial charge < -0.3 is 9.47 Å². The van der Waals surface area contributed by atoms with E-state index in [1.807, 2.05) is 31.2 Å². The minimum Gasteiger partial charge on any atom is -0.497 e. The predicted molar refractivity (Wildman–Crippen MR) is 111 cm³/mol. The van der Waals surface area contributed by atoms with Crippen molar-refractivity contribution in [1.29, 1.82) is 0 Å². The summed E-state index contributed by atoms with van der Waals surface area (Å²) in [6.07, 6.45) is 0.711. The number of amidine groups is 1. The largest absolute Gasteiger partial charge is 0.497 e. The highest BCUT2D eigenvalue weighted by molar-refractivity contribution is 8.00. The monoisotopic (exact) mass is 400 g/mol. The Bertz CT molecular complexity index is 992. The van der Waals surface area contributed by atoms with Gasteiger partial charge in [0, 0.05) is 12.1 Å². The number of sulfonamides is 1. The first-order valence-corrected chi connectivity index (χ1v) is 10.6. The van der Waals surface area contributed by atoms with Gasteiger partial charge in [0.25, 0.3) is 10.0 Å². The second kappa shape index (κ2) is 8.48. The molecule has 1 N–H and O–H groups in total. The van der Waals surface area contributed by atoms with Crippen LogP contribution in [0.1, 0.15) is 25.0 Å². The number of methoxy groups -OCH3 is 1. The summed E-state index contributed by atoms with van der Waals surface area (Å²) < 4.78 is 38.3. The van der Waals surface area contributed by atoms with Gasteiger partial charge in [-0.05, 0) is 67.8 Å². The molecule has 0 atom stereocenters. The summed E-state index contributed by atoms with van der Waals surface area (Å²) in [7, 11) is -2.05. The predicted octanol–water partition coefficient (Wildman–Crippen LogP) is 3.40. The summed E-state index contributed by atoms with van der Waals surface area (Å²) in [6.45, 7) is 4.84. The Morgan fingerprint density at radius 3 is 2.25 bits per heavy atom. The van der Waals surface area contributed by atoms with Crippen LogP contribution in [0.5, 0.6) is 11.5 Å². The molecule has 0 spiro atoms. The van der Waals surface area contributed by atoms with Gasteiger partial charge in [0.1, 0.15) is 22.2 Å². The molecule has 0 fully saturated rings. The van der Waals surface area contributed by atoms with Gasteiger partial charge >= 0.3 is 0 Å². The summed E-state index contributed by atoms with van der Waals surface area (Å²) in [5.41, 5.74) is 2.35. The Hall–Kier alpha value is -2.80. The van der Waals surface area contributed by atoms with Crippen molar-refractivity contribution in [2.75, 3.05) is 20.3 Å². The van der Waals surface area contributed by atoms with E-state index in [1.165, 1.54) is 0 Å². The number of aliphatic imine (C=N–C) groups is 1. The maximum Gasteiger partial charge on any atom is 0.264 e. The molecule has 3 rings (SSSR count). The lowest BCUT2D eigenvalue weighted by Crippen LogP contribution is -2.24. The second-order valence-electron chi connectivity index (χ2n) is 6.35. The highest BCUT2D eigenvalue weighted by atomic mass is 32.2. The maximum atomic E-state index is 12.6. The molecule has 148 valence electrons. The van der Waals surface area contributed by atoms with Crippen LogP contribution in [-0.2, 0) is 16.4 Å². The lowest BCUT2D eigenvalue weighted by Gasteiger charge is -2.04. The van der Waals surface area contributed by atoms with Crippen LogP contribution in [0.25, 0.3) is 4.91 Å². The normalized spacial score (nSPS) is 16.9. The van der Waals surface area contributed by atoms with Crippen LogP contribution >= 0.6 is 0 Å². The third kappa shape index (κ3) is 4.36. The van der Waals surface area contributed by atoms with E-state index in [1.54, 1.807) is 38.3 Å². The number of ether oxygens (including phenoxy) is 2. The highest BCUT2D eigenvalue weighted by Crippen LogP contribution is 2.30. The maximum absolute atomic E-state index is 12.6. The Morgan fingerprint density at radius 2 is 1.64 bits per heavy atom. The fraction of sp³-hybridized carbons (Fsp3) is 0.286. The van der Waals surface area contributed by atoms with Gasteiger partial charge in [-0.25, -0.2) is 8.42 Å². The van der Waals surface area contributed by atoms with Gasteiger partial charge in [0.2, 0.25) is 0 Å². The van der Waals surface area contributed by atoms with Crippen LogP contribution in [0.15, 0.2) is 59.1 Å². The smallest absolute Gasteiger partial charge is 0.264 e. The molecule has 0 unspecified atom stereocenters. The average molecular weight is 401 g/mol. The summed E-state index contributed by atoms with van der Waals surface area (Å²) in [5.74, 6) is 1.91. The minimum absolute atomic E-state index is 0.259. The first-order chi connectivity index (χ1) is 13.4. The lowest BCUT2D eigenvalue weighted by molar-refractivity contribution is 0.340. The molecule has 6 nitrogen and oxygen atoms in total. The number of nitrogens with one attached hydrogen (secondary N) is 1. The van der Waals surface area contributed by atoms with Crippen molar-refractivity contribution in [3.63, 3.8) is 0 Å². The van der Waals surface area contributed by atoms with E-state index in [2.05, 4.69) is 9.71 Å². The summed E-state index contributed by atoms with van der Waals surface area (Å²) in [5, 5.41) is 0. The van der Waals surface area contributed by atoms with Crippen molar-refractivity contribution in [2.45, 2.75) is 20.3 Å². The van der Waals surface area contributed by atoms with Crippen LogP contribution in [0.4, 0.5) is 0 Å². The second-order valence-corrected chi connectivity index (χ2v) is 7.96. The van der Waals surface area contributed by atoms with E-state index >= 15 is 0 Å². The third-order valence-corrected chi connectivity index (χ3v) is 5.99. The molecule has 0 bridgehead atoms. The van der Waals surface area contributed by atoms with Crippen molar-refractivity contribution < 1.29 is 17.9 Å². The minimum atomic E-state index is -3.62. The number of nitrogens with zero attached hydrogens (tertiary/aromatic N) is 1. The molecule has 1 aliphatic heterocycles. The van der Waals surface area contributed by atoms with E-state index in [-0.39, 0.29) is 4.91 Å².